The van der Waals surface area contributed by atoms with E-state index in [4.69, 9.17) is 4.74 Å². The quantitative estimate of drug-likeness (QED) is 0.633. The lowest BCUT2D eigenvalue weighted by atomic mass is 9.94. The van der Waals surface area contributed by atoms with Crippen molar-refractivity contribution in [2.75, 3.05) is 6.61 Å². The normalized spacial score (nSPS) is 14.1. The minimum Gasteiger partial charge on any atom is -0.478 e. The van der Waals surface area contributed by atoms with Crippen molar-refractivity contribution in [2.24, 2.45) is 11.8 Å². The maximum absolute atomic E-state index is 11.9. The van der Waals surface area contributed by atoms with Gasteiger partial charge in [-0.2, -0.15) is 0 Å². The molecule has 1 aromatic carbocycles. The molecule has 3 heteroatoms. The van der Waals surface area contributed by atoms with Crippen molar-refractivity contribution in [3.05, 3.63) is 59.3 Å². The Morgan fingerprint density at radius 2 is 1.85 bits per heavy atom. The lowest BCUT2D eigenvalue weighted by molar-refractivity contribution is -0.121. The summed E-state index contributed by atoms with van der Waals surface area (Å²) in [4.78, 5) is 16.2. The fourth-order valence-corrected chi connectivity index (χ4v) is 3.00. The van der Waals surface area contributed by atoms with E-state index in [0.29, 0.717) is 36.5 Å². The summed E-state index contributed by atoms with van der Waals surface area (Å²) >= 11 is 0. The van der Waals surface area contributed by atoms with Crippen molar-refractivity contribution in [2.45, 2.75) is 46.0 Å². The number of carbonyl (C=O) groups is 1. The van der Waals surface area contributed by atoms with Gasteiger partial charge in [-0.05, 0) is 55.4 Å². The Morgan fingerprint density at radius 3 is 2.48 bits per heavy atom. The van der Waals surface area contributed by atoms with Crippen molar-refractivity contribution in [1.82, 2.24) is 4.98 Å². The van der Waals surface area contributed by atoms with Gasteiger partial charge < -0.3 is 4.74 Å². The van der Waals surface area contributed by atoms with Crippen molar-refractivity contribution in [1.29, 1.82) is 0 Å². The van der Waals surface area contributed by atoms with Gasteiger partial charge in [0.1, 0.15) is 5.78 Å². The van der Waals surface area contributed by atoms with E-state index < -0.39 is 0 Å². The van der Waals surface area contributed by atoms with E-state index in [1.807, 2.05) is 24.3 Å². The Hall–Kier alpha value is -2.60. The molecule has 0 saturated heterocycles. The number of carbonyl (C=O) groups excluding carboxylic acids is 1. The zero-order chi connectivity index (χ0) is 19.1. The smallest absolute Gasteiger partial charge is 0.213 e. The SMILES string of the molecule is CCCOc1ccc(C#Cc2ccc(CC(C)CC(=O)C3CC3)cc2)cn1. The van der Waals surface area contributed by atoms with Crippen LogP contribution in [0.5, 0.6) is 5.88 Å². The largest absolute Gasteiger partial charge is 0.478 e. The van der Waals surface area contributed by atoms with Crippen LogP contribution in [-0.4, -0.2) is 17.4 Å². The van der Waals surface area contributed by atoms with Crippen LogP contribution in [0.4, 0.5) is 0 Å². The van der Waals surface area contributed by atoms with Gasteiger partial charge in [-0.3, -0.25) is 4.79 Å². The number of hydrogen-bond acceptors (Lipinski definition) is 3. The molecule has 1 atom stereocenters. The highest BCUT2D eigenvalue weighted by Crippen LogP contribution is 2.32. The first-order valence-electron chi connectivity index (χ1n) is 9.86. The van der Waals surface area contributed by atoms with Crippen LogP contribution < -0.4 is 4.74 Å². The van der Waals surface area contributed by atoms with Gasteiger partial charge in [-0.1, -0.05) is 37.8 Å². The van der Waals surface area contributed by atoms with Crippen molar-refractivity contribution >= 4 is 5.78 Å². The number of nitrogens with zero attached hydrogens (tertiary/aromatic N) is 1. The van der Waals surface area contributed by atoms with Crippen molar-refractivity contribution in [3.8, 4) is 17.7 Å². The van der Waals surface area contributed by atoms with E-state index in [2.05, 4.69) is 42.8 Å². The second-order valence-electron chi connectivity index (χ2n) is 7.43. The first kappa shape index (κ1) is 19.2. The molecule has 1 aromatic heterocycles. The Morgan fingerprint density at radius 1 is 1.15 bits per heavy atom. The predicted octanol–water partition coefficient (Wildman–Crippen LogP) is 4.82. The third-order valence-electron chi connectivity index (χ3n) is 4.66. The van der Waals surface area contributed by atoms with Gasteiger partial charge in [0.2, 0.25) is 5.88 Å². The second-order valence-corrected chi connectivity index (χ2v) is 7.43. The van der Waals surface area contributed by atoms with Crippen molar-refractivity contribution in [3.63, 3.8) is 0 Å². The van der Waals surface area contributed by atoms with E-state index >= 15 is 0 Å². The molecule has 1 fully saturated rings. The molecule has 140 valence electrons. The predicted molar refractivity (Wildman–Crippen MR) is 108 cm³/mol. The molecule has 3 rings (SSSR count). The number of aromatic nitrogens is 1. The van der Waals surface area contributed by atoms with Gasteiger partial charge in [-0.25, -0.2) is 4.98 Å². The highest BCUT2D eigenvalue weighted by Gasteiger charge is 2.29. The molecule has 1 heterocycles. The van der Waals surface area contributed by atoms with Gasteiger partial charge in [0.25, 0.3) is 0 Å². The number of rotatable bonds is 8. The first-order valence-corrected chi connectivity index (χ1v) is 9.86. The summed E-state index contributed by atoms with van der Waals surface area (Å²) in [6.07, 6.45) is 6.55. The minimum absolute atomic E-state index is 0.367. The molecule has 2 aromatic rings. The number of benzene rings is 1. The third kappa shape index (κ3) is 6.25. The molecular formula is C24H27NO2. The fraction of sp³-hybridized carbons (Fsp3) is 0.417. The summed E-state index contributed by atoms with van der Waals surface area (Å²) < 4.78 is 5.48. The van der Waals surface area contributed by atoms with Crippen LogP contribution in [0, 0.1) is 23.7 Å². The first-order chi connectivity index (χ1) is 13.1. The Kier molecular flexibility index (Phi) is 6.65. The zero-order valence-corrected chi connectivity index (χ0v) is 16.2. The van der Waals surface area contributed by atoms with E-state index in [1.54, 1.807) is 6.20 Å². The summed E-state index contributed by atoms with van der Waals surface area (Å²) in [7, 11) is 0. The van der Waals surface area contributed by atoms with E-state index in [-0.39, 0.29) is 0 Å². The highest BCUT2D eigenvalue weighted by atomic mass is 16.5. The van der Waals surface area contributed by atoms with E-state index in [0.717, 1.165) is 36.8 Å². The van der Waals surface area contributed by atoms with Crippen LogP contribution in [0.25, 0.3) is 0 Å². The Balaban J connectivity index is 1.53. The standard InChI is InChI=1S/C24H27NO2/c1-3-14-27-24-13-10-21(17-25-24)9-6-19-4-7-20(8-5-19)15-18(2)16-23(26)22-11-12-22/h4-5,7-8,10,13,17-18,22H,3,11-12,14-16H2,1-2H3. The van der Waals surface area contributed by atoms with Gasteiger partial charge in [0.05, 0.1) is 6.61 Å². The summed E-state index contributed by atoms with van der Waals surface area (Å²) in [5, 5.41) is 0. The maximum Gasteiger partial charge on any atom is 0.213 e. The van der Waals surface area contributed by atoms with Crippen LogP contribution in [0.1, 0.15) is 56.2 Å². The monoisotopic (exact) mass is 361 g/mol. The molecule has 0 amide bonds. The molecule has 1 unspecified atom stereocenters. The van der Waals surface area contributed by atoms with Crippen LogP contribution in [0.3, 0.4) is 0 Å². The maximum atomic E-state index is 11.9. The van der Waals surface area contributed by atoms with Crippen LogP contribution >= 0.6 is 0 Å². The third-order valence-corrected chi connectivity index (χ3v) is 4.66. The highest BCUT2D eigenvalue weighted by molar-refractivity contribution is 5.83. The molecule has 1 aliphatic rings. The fourth-order valence-electron chi connectivity index (χ4n) is 3.00. The van der Waals surface area contributed by atoms with Gasteiger partial charge in [-0.15, -0.1) is 0 Å². The number of Topliss-reactive ketones (excluding diaryl/α,β-unsaturated/α-hetero) is 1. The van der Waals surface area contributed by atoms with Crippen LogP contribution in [0.2, 0.25) is 0 Å². The Labute approximate surface area is 162 Å². The second kappa shape index (κ2) is 9.37. The number of ether oxygens (including phenoxy) is 1. The van der Waals surface area contributed by atoms with Crippen LogP contribution in [-0.2, 0) is 11.2 Å². The molecule has 0 radical (unpaired) electrons. The number of ketones is 1. The molecule has 0 bridgehead atoms. The molecule has 3 nitrogen and oxygen atoms in total. The average Bonchev–Trinajstić information content (AvgIpc) is 3.52. The Bertz CT molecular complexity index is 808. The van der Waals surface area contributed by atoms with Gasteiger partial charge in [0.15, 0.2) is 0 Å². The minimum atomic E-state index is 0.367. The molecule has 0 N–H and O–H groups in total. The van der Waals surface area contributed by atoms with Crippen molar-refractivity contribution < 1.29 is 9.53 Å². The summed E-state index contributed by atoms with van der Waals surface area (Å²) in [6.45, 7) is 4.91. The van der Waals surface area contributed by atoms with E-state index in [1.165, 1.54) is 5.56 Å². The summed E-state index contributed by atoms with van der Waals surface area (Å²) in [5.41, 5.74) is 3.11. The van der Waals surface area contributed by atoms with E-state index in [9.17, 15) is 4.79 Å². The summed E-state index contributed by atoms with van der Waals surface area (Å²) in [5.74, 6) is 8.17. The average molecular weight is 361 g/mol. The van der Waals surface area contributed by atoms with Gasteiger partial charge >= 0.3 is 0 Å². The molecule has 0 spiro atoms. The molecule has 27 heavy (non-hydrogen) atoms. The number of pyridine rings is 1. The molecule has 1 aliphatic carbocycles. The summed E-state index contributed by atoms with van der Waals surface area (Å²) in [6, 6.07) is 12.1. The molecular weight excluding hydrogens is 334 g/mol. The molecule has 0 aliphatic heterocycles. The number of hydrogen-bond donors (Lipinski definition) is 0. The van der Waals surface area contributed by atoms with Crippen LogP contribution in [0.15, 0.2) is 42.6 Å². The zero-order valence-electron chi connectivity index (χ0n) is 16.2. The molecule has 1 saturated carbocycles. The topological polar surface area (TPSA) is 39.2 Å². The lowest BCUT2D eigenvalue weighted by Gasteiger charge is -2.10. The van der Waals surface area contributed by atoms with Gasteiger partial charge in [0, 0.05) is 35.7 Å². The lowest BCUT2D eigenvalue weighted by Crippen LogP contribution is -2.09.